The van der Waals surface area contributed by atoms with Gasteiger partial charge >= 0.3 is 0 Å². The lowest BCUT2D eigenvalue weighted by atomic mass is 10.1. The minimum Gasteiger partial charge on any atom is -0.359 e. The largest absolute Gasteiger partial charge is 0.359 e. The van der Waals surface area contributed by atoms with Gasteiger partial charge in [-0.3, -0.25) is 4.79 Å². The van der Waals surface area contributed by atoms with Crippen LogP contribution in [0.25, 0.3) is 0 Å². The second-order valence-electron chi connectivity index (χ2n) is 4.31. The van der Waals surface area contributed by atoms with E-state index < -0.39 is 0 Å². The van der Waals surface area contributed by atoms with E-state index in [4.69, 9.17) is 0 Å². The molecule has 0 radical (unpaired) electrons. The average molecular weight is 198 g/mol. The number of hydrogen-bond donors (Lipinski definition) is 2. The van der Waals surface area contributed by atoms with Crippen molar-refractivity contribution < 1.29 is 4.79 Å². The Bertz CT molecular complexity index is 178. The van der Waals surface area contributed by atoms with E-state index >= 15 is 0 Å². The molecule has 0 heterocycles. The van der Waals surface area contributed by atoms with E-state index in [1.165, 1.54) is 19.3 Å². The maximum absolute atomic E-state index is 10.9. The van der Waals surface area contributed by atoms with E-state index in [-0.39, 0.29) is 5.91 Å². The molecular weight excluding hydrogens is 176 g/mol. The van der Waals surface area contributed by atoms with Crippen LogP contribution in [0.15, 0.2) is 0 Å². The van der Waals surface area contributed by atoms with Crippen LogP contribution in [0, 0.1) is 5.92 Å². The fraction of sp³-hybridized carbons (Fsp3) is 0.909. The zero-order valence-electron chi connectivity index (χ0n) is 9.31. The Hall–Kier alpha value is -0.570. The summed E-state index contributed by atoms with van der Waals surface area (Å²) in [5, 5.41) is 6.08. The highest BCUT2D eigenvalue weighted by Gasteiger charge is 2.22. The first-order valence-electron chi connectivity index (χ1n) is 5.66. The Morgan fingerprint density at radius 3 is 2.79 bits per heavy atom. The second kappa shape index (κ2) is 6.02. The van der Waals surface area contributed by atoms with Crippen molar-refractivity contribution >= 4 is 5.91 Å². The van der Waals surface area contributed by atoms with E-state index in [0.29, 0.717) is 12.5 Å². The molecular formula is C11H22N2O. The van der Waals surface area contributed by atoms with Crippen LogP contribution in [0.3, 0.4) is 0 Å². The maximum Gasteiger partial charge on any atom is 0.219 e. The zero-order valence-corrected chi connectivity index (χ0v) is 9.31. The molecule has 0 aromatic rings. The van der Waals surface area contributed by atoms with Crippen LogP contribution < -0.4 is 10.6 Å². The summed E-state index contributed by atoms with van der Waals surface area (Å²) in [6, 6.07) is 0.618. The van der Waals surface area contributed by atoms with Crippen LogP contribution in [0.2, 0.25) is 0 Å². The number of nitrogens with one attached hydrogen (secondary N) is 2. The minimum atomic E-state index is 0.140. The second-order valence-corrected chi connectivity index (χ2v) is 4.31. The number of carbonyl (C=O) groups excluding carboxylic acids is 1. The molecule has 1 atom stereocenters. The quantitative estimate of drug-likeness (QED) is 0.605. The van der Waals surface area contributed by atoms with Crippen molar-refractivity contribution in [3.05, 3.63) is 0 Å². The first kappa shape index (κ1) is 11.5. The van der Waals surface area contributed by atoms with Crippen molar-refractivity contribution in [1.82, 2.24) is 10.6 Å². The van der Waals surface area contributed by atoms with Crippen molar-refractivity contribution in [1.29, 1.82) is 0 Å². The fourth-order valence-corrected chi connectivity index (χ4v) is 1.66. The molecule has 0 saturated heterocycles. The molecule has 1 saturated carbocycles. The summed E-state index contributed by atoms with van der Waals surface area (Å²) in [4.78, 5) is 10.9. The van der Waals surface area contributed by atoms with Gasteiger partial charge in [-0.25, -0.2) is 0 Å². The van der Waals surface area contributed by atoms with E-state index in [9.17, 15) is 4.79 Å². The third kappa shape index (κ3) is 5.22. The molecule has 14 heavy (non-hydrogen) atoms. The van der Waals surface area contributed by atoms with Gasteiger partial charge in [0.25, 0.3) is 0 Å². The lowest BCUT2D eigenvalue weighted by molar-refractivity contribution is -0.120. The van der Waals surface area contributed by atoms with Gasteiger partial charge in [0.05, 0.1) is 0 Å². The minimum absolute atomic E-state index is 0.140. The summed E-state index contributed by atoms with van der Waals surface area (Å²) in [6.45, 7) is 3.19. The Morgan fingerprint density at radius 2 is 2.21 bits per heavy atom. The topological polar surface area (TPSA) is 41.1 Å². The standard InChI is InChI=1S/C11H22N2O/c1-9(8-10-5-6-10)13-7-3-4-11(14)12-2/h9-10,13H,3-8H2,1-2H3,(H,12,14). The molecule has 0 bridgehead atoms. The lowest BCUT2D eigenvalue weighted by Crippen LogP contribution is -2.28. The maximum atomic E-state index is 10.9. The molecule has 3 heteroatoms. The summed E-state index contributed by atoms with van der Waals surface area (Å²) < 4.78 is 0. The molecule has 0 aromatic heterocycles. The normalized spacial score (nSPS) is 17.9. The van der Waals surface area contributed by atoms with Gasteiger partial charge in [0.1, 0.15) is 0 Å². The monoisotopic (exact) mass is 198 g/mol. The van der Waals surface area contributed by atoms with Gasteiger partial charge in [0.2, 0.25) is 5.91 Å². The van der Waals surface area contributed by atoms with E-state index in [1.807, 2.05) is 0 Å². The third-order valence-corrected chi connectivity index (χ3v) is 2.74. The number of amides is 1. The Balaban J connectivity index is 1.89. The SMILES string of the molecule is CNC(=O)CCCNC(C)CC1CC1. The van der Waals surface area contributed by atoms with Gasteiger partial charge in [0.15, 0.2) is 0 Å². The summed E-state index contributed by atoms with van der Waals surface area (Å²) >= 11 is 0. The van der Waals surface area contributed by atoms with Gasteiger partial charge in [-0.15, -0.1) is 0 Å². The lowest BCUT2D eigenvalue weighted by Gasteiger charge is -2.12. The Labute approximate surface area is 86.6 Å². The highest BCUT2D eigenvalue weighted by Crippen LogP contribution is 2.33. The third-order valence-electron chi connectivity index (χ3n) is 2.74. The molecule has 1 rings (SSSR count). The molecule has 1 unspecified atom stereocenters. The van der Waals surface area contributed by atoms with Crippen LogP contribution in [0.4, 0.5) is 0 Å². The highest BCUT2D eigenvalue weighted by molar-refractivity contribution is 5.75. The molecule has 1 amide bonds. The average Bonchev–Trinajstić information content (AvgIpc) is 2.95. The summed E-state index contributed by atoms with van der Waals surface area (Å²) in [5.74, 6) is 1.12. The fourth-order valence-electron chi connectivity index (χ4n) is 1.66. The van der Waals surface area contributed by atoms with Gasteiger partial charge in [-0.2, -0.15) is 0 Å². The van der Waals surface area contributed by atoms with E-state index in [0.717, 1.165) is 18.9 Å². The van der Waals surface area contributed by atoms with Crippen molar-refractivity contribution in [2.75, 3.05) is 13.6 Å². The number of carbonyl (C=O) groups is 1. The predicted molar refractivity (Wildman–Crippen MR) is 58.1 cm³/mol. The summed E-state index contributed by atoms with van der Waals surface area (Å²) in [7, 11) is 1.69. The first-order valence-corrected chi connectivity index (χ1v) is 5.66. The number of hydrogen-bond acceptors (Lipinski definition) is 2. The van der Waals surface area contributed by atoms with Crippen LogP contribution in [0.5, 0.6) is 0 Å². The van der Waals surface area contributed by atoms with Crippen LogP contribution in [-0.4, -0.2) is 25.5 Å². The molecule has 82 valence electrons. The first-order chi connectivity index (χ1) is 6.72. The summed E-state index contributed by atoms with van der Waals surface area (Å²) in [5.41, 5.74) is 0. The van der Waals surface area contributed by atoms with Crippen LogP contribution >= 0.6 is 0 Å². The molecule has 1 fully saturated rings. The van der Waals surface area contributed by atoms with Gasteiger partial charge in [-0.05, 0) is 32.2 Å². The smallest absolute Gasteiger partial charge is 0.219 e. The Morgan fingerprint density at radius 1 is 1.50 bits per heavy atom. The van der Waals surface area contributed by atoms with Gasteiger partial charge in [0, 0.05) is 19.5 Å². The molecule has 3 nitrogen and oxygen atoms in total. The molecule has 1 aliphatic rings. The summed E-state index contributed by atoms with van der Waals surface area (Å²) in [6.07, 6.45) is 5.73. The number of rotatable bonds is 7. The Kier molecular flexibility index (Phi) is 4.94. The molecule has 1 aliphatic carbocycles. The van der Waals surface area contributed by atoms with Crippen LogP contribution in [0.1, 0.15) is 39.0 Å². The predicted octanol–water partition coefficient (Wildman–Crippen LogP) is 1.29. The van der Waals surface area contributed by atoms with E-state index in [1.54, 1.807) is 7.05 Å². The van der Waals surface area contributed by atoms with Crippen molar-refractivity contribution in [2.24, 2.45) is 5.92 Å². The van der Waals surface area contributed by atoms with Crippen molar-refractivity contribution in [3.63, 3.8) is 0 Å². The molecule has 0 spiro atoms. The molecule has 0 aliphatic heterocycles. The van der Waals surface area contributed by atoms with E-state index in [2.05, 4.69) is 17.6 Å². The zero-order chi connectivity index (χ0) is 10.4. The van der Waals surface area contributed by atoms with Crippen LogP contribution in [-0.2, 0) is 4.79 Å². The molecule has 0 aromatic carbocycles. The van der Waals surface area contributed by atoms with Crippen molar-refractivity contribution in [3.8, 4) is 0 Å². The highest BCUT2D eigenvalue weighted by atomic mass is 16.1. The van der Waals surface area contributed by atoms with Gasteiger partial charge in [-0.1, -0.05) is 12.8 Å². The molecule has 2 N–H and O–H groups in total. The van der Waals surface area contributed by atoms with Crippen molar-refractivity contribution in [2.45, 2.75) is 45.1 Å². The van der Waals surface area contributed by atoms with Gasteiger partial charge < -0.3 is 10.6 Å².